The normalized spacial score (nSPS) is 16.5. The molecule has 0 saturated carbocycles. The SMILES string of the molecule is Cc1cccc(COC[C@@H]2CN(C(=O)c3cocn3)Cc3cncn32)n1. The van der Waals surface area contributed by atoms with Crippen LogP contribution < -0.4 is 0 Å². The first-order valence-corrected chi connectivity index (χ1v) is 8.39. The van der Waals surface area contributed by atoms with E-state index in [9.17, 15) is 4.79 Å². The average Bonchev–Trinajstić information content (AvgIpc) is 3.33. The molecule has 0 aromatic carbocycles. The fourth-order valence-electron chi connectivity index (χ4n) is 3.13. The molecule has 1 atom stereocenters. The molecule has 0 spiro atoms. The molecular weight excluding hydrogens is 334 g/mol. The van der Waals surface area contributed by atoms with Gasteiger partial charge in [0, 0.05) is 18.4 Å². The molecular formula is C18H19N5O3. The summed E-state index contributed by atoms with van der Waals surface area (Å²) in [5.74, 6) is -0.156. The summed E-state index contributed by atoms with van der Waals surface area (Å²) >= 11 is 0. The van der Waals surface area contributed by atoms with Crippen LogP contribution in [0.5, 0.6) is 0 Å². The van der Waals surface area contributed by atoms with Crippen molar-refractivity contribution in [3.05, 3.63) is 66.2 Å². The van der Waals surface area contributed by atoms with E-state index >= 15 is 0 Å². The monoisotopic (exact) mass is 353 g/mol. The molecule has 0 aliphatic carbocycles. The first-order chi connectivity index (χ1) is 12.7. The van der Waals surface area contributed by atoms with Crippen molar-refractivity contribution in [1.82, 2.24) is 24.4 Å². The van der Waals surface area contributed by atoms with E-state index in [0.717, 1.165) is 17.1 Å². The van der Waals surface area contributed by atoms with Crippen LogP contribution in [0.25, 0.3) is 0 Å². The number of pyridine rings is 1. The Morgan fingerprint density at radius 1 is 1.42 bits per heavy atom. The number of rotatable bonds is 5. The Morgan fingerprint density at radius 2 is 2.35 bits per heavy atom. The summed E-state index contributed by atoms with van der Waals surface area (Å²) in [5.41, 5.74) is 3.13. The number of oxazole rings is 1. The third kappa shape index (κ3) is 3.36. The van der Waals surface area contributed by atoms with Gasteiger partial charge in [0.25, 0.3) is 5.91 Å². The first-order valence-electron chi connectivity index (χ1n) is 8.39. The number of fused-ring (bicyclic) bond motifs is 1. The van der Waals surface area contributed by atoms with Crippen molar-refractivity contribution in [2.75, 3.05) is 13.2 Å². The number of amides is 1. The van der Waals surface area contributed by atoms with Crippen LogP contribution in [-0.4, -0.2) is 43.5 Å². The Balaban J connectivity index is 1.44. The highest BCUT2D eigenvalue weighted by Crippen LogP contribution is 2.23. The van der Waals surface area contributed by atoms with Crippen LogP contribution in [0.3, 0.4) is 0 Å². The van der Waals surface area contributed by atoms with E-state index in [1.807, 2.05) is 25.1 Å². The van der Waals surface area contributed by atoms with E-state index in [1.54, 1.807) is 17.4 Å². The molecule has 1 aliphatic rings. The van der Waals surface area contributed by atoms with E-state index in [-0.39, 0.29) is 11.9 Å². The Kier molecular flexibility index (Phi) is 4.49. The summed E-state index contributed by atoms with van der Waals surface area (Å²) in [6.07, 6.45) is 6.18. The zero-order valence-electron chi connectivity index (χ0n) is 14.4. The molecule has 0 fully saturated rings. The van der Waals surface area contributed by atoms with E-state index in [0.29, 0.717) is 32.0 Å². The molecule has 134 valence electrons. The van der Waals surface area contributed by atoms with Crippen molar-refractivity contribution >= 4 is 5.91 Å². The molecule has 26 heavy (non-hydrogen) atoms. The highest BCUT2D eigenvalue weighted by molar-refractivity contribution is 5.91. The highest BCUT2D eigenvalue weighted by Gasteiger charge is 2.29. The largest absolute Gasteiger partial charge is 0.451 e. The lowest BCUT2D eigenvalue weighted by atomic mass is 10.2. The maximum Gasteiger partial charge on any atom is 0.276 e. The van der Waals surface area contributed by atoms with Gasteiger partial charge in [-0.15, -0.1) is 0 Å². The van der Waals surface area contributed by atoms with Crippen LogP contribution >= 0.6 is 0 Å². The lowest BCUT2D eigenvalue weighted by Gasteiger charge is -2.34. The molecule has 4 rings (SSSR count). The smallest absolute Gasteiger partial charge is 0.276 e. The fourth-order valence-corrected chi connectivity index (χ4v) is 3.13. The second kappa shape index (κ2) is 7.09. The van der Waals surface area contributed by atoms with Gasteiger partial charge in [-0.1, -0.05) is 6.07 Å². The number of carbonyl (C=O) groups is 1. The number of hydrogen-bond donors (Lipinski definition) is 0. The molecule has 1 aliphatic heterocycles. The molecule has 3 aromatic rings. The maximum absolute atomic E-state index is 12.6. The second-order valence-electron chi connectivity index (χ2n) is 6.29. The molecule has 8 heteroatoms. The first kappa shape index (κ1) is 16.5. The van der Waals surface area contributed by atoms with Crippen molar-refractivity contribution in [3.63, 3.8) is 0 Å². The molecule has 0 N–H and O–H groups in total. The standard InChI is InChI=1S/C18H19N5O3/c1-13-3-2-4-14(21-13)8-25-9-16-7-22(6-15-5-19-11-23(15)16)18(24)17-10-26-12-20-17/h2-5,10-12,16H,6-9H2,1H3/t16-/m0/s1. The van der Waals surface area contributed by atoms with Crippen LogP contribution in [0.4, 0.5) is 0 Å². The summed E-state index contributed by atoms with van der Waals surface area (Å²) in [4.78, 5) is 26.9. The van der Waals surface area contributed by atoms with Gasteiger partial charge in [0.05, 0.1) is 43.5 Å². The van der Waals surface area contributed by atoms with Crippen molar-refractivity contribution in [2.24, 2.45) is 0 Å². The lowest BCUT2D eigenvalue weighted by Crippen LogP contribution is -2.42. The fraction of sp³-hybridized carbons (Fsp3) is 0.333. The van der Waals surface area contributed by atoms with Gasteiger partial charge >= 0.3 is 0 Å². The van der Waals surface area contributed by atoms with Crippen molar-refractivity contribution in [1.29, 1.82) is 0 Å². The number of hydrogen-bond acceptors (Lipinski definition) is 6. The number of ether oxygens (including phenoxy) is 1. The van der Waals surface area contributed by atoms with Gasteiger partial charge in [0.1, 0.15) is 6.26 Å². The Labute approximate surface area is 150 Å². The Bertz CT molecular complexity index is 890. The van der Waals surface area contributed by atoms with Gasteiger partial charge in [0.2, 0.25) is 0 Å². The van der Waals surface area contributed by atoms with Crippen LogP contribution in [0.15, 0.2) is 47.8 Å². The predicted octanol–water partition coefficient (Wildman–Crippen LogP) is 1.99. The molecule has 3 aromatic heterocycles. The van der Waals surface area contributed by atoms with E-state index in [4.69, 9.17) is 9.15 Å². The van der Waals surface area contributed by atoms with Crippen LogP contribution in [-0.2, 0) is 17.9 Å². The average molecular weight is 353 g/mol. The number of imidazole rings is 1. The van der Waals surface area contributed by atoms with Crippen LogP contribution in [0, 0.1) is 6.92 Å². The Hall–Kier alpha value is -3.00. The molecule has 4 heterocycles. The summed E-state index contributed by atoms with van der Waals surface area (Å²) in [7, 11) is 0. The molecule has 1 amide bonds. The number of aryl methyl sites for hydroxylation is 1. The van der Waals surface area contributed by atoms with Gasteiger partial charge in [-0.2, -0.15) is 0 Å². The topological polar surface area (TPSA) is 86.3 Å². The van der Waals surface area contributed by atoms with Crippen LogP contribution in [0.2, 0.25) is 0 Å². The summed E-state index contributed by atoms with van der Waals surface area (Å²) < 4.78 is 12.9. The van der Waals surface area contributed by atoms with Gasteiger partial charge in [-0.25, -0.2) is 9.97 Å². The summed E-state index contributed by atoms with van der Waals surface area (Å²) in [6, 6.07) is 5.85. The summed E-state index contributed by atoms with van der Waals surface area (Å²) in [6.45, 7) is 3.86. The molecule has 0 saturated heterocycles. The molecule has 0 radical (unpaired) electrons. The number of nitrogens with zero attached hydrogens (tertiary/aromatic N) is 5. The Morgan fingerprint density at radius 3 is 3.15 bits per heavy atom. The lowest BCUT2D eigenvalue weighted by molar-refractivity contribution is 0.0470. The van der Waals surface area contributed by atoms with E-state index < -0.39 is 0 Å². The zero-order chi connectivity index (χ0) is 17.9. The third-order valence-corrected chi connectivity index (χ3v) is 4.37. The molecule has 0 bridgehead atoms. The number of carbonyl (C=O) groups excluding carboxylic acids is 1. The van der Waals surface area contributed by atoms with Crippen LogP contribution in [0.1, 0.15) is 33.6 Å². The predicted molar refractivity (Wildman–Crippen MR) is 91.1 cm³/mol. The highest BCUT2D eigenvalue weighted by atomic mass is 16.5. The minimum absolute atomic E-state index is 0.0121. The van der Waals surface area contributed by atoms with Gasteiger partial charge in [-0.3, -0.25) is 9.78 Å². The maximum atomic E-state index is 12.6. The minimum atomic E-state index is -0.156. The van der Waals surface area contributed by atoms with Crippen molar-refractivity contribution in [2.45, 2.75) is 26.1 Å². The number of aromatic nitrogens is 4. The van der Waals surface area contributed by atoms with Gasteiger partial charge < -0.3 is 18.6 Å². The minimum Gasteiger partial charge on any atom is -0.451 e. The summed E-state index contributed by atoms with van der Waals surface area (Å²) in [5, 5.41) is 0. The molecule has 0 unspecified atom stereocenters. The third-order valence-electron chi connectivity index (χ3n) is 4.37. The van der Waals surface area contributed by atoms with Crippen molar-refractivity contribution < 1.29 is 13.9 Å². The van der Waals surface area contributed by atoms with Crippen molar-refractivity contribution in [3.8, 4) is 0 Å². The van der Waals surface area contributed by atoms with Gasteiger partial charge in [0.15, 0.2) is 12.1 Å². The van der Waals surface area contributed by atoms with Gasteiger partial charge in [-0.05, 0) is 19.1 Å². The van der Waals surface area contributed by atoms with E-state index in [1.165, 1.54) is 12.7 Å². The molecule has 8 nitrogen and oxygen atoms in total. The zero-order valence-corrected chi connectivity index (χ0v) is 14.4. The van der Waals surface area contributed by atoms with E-state index in [2.05, 4.69) is 19.5 Å². The second-order valence-corrected chi connectivity index (χ2v) is 6.29. The quantitative estimate of drug-likeness (QED) is 0.697.